The molecule has 0 amide bonds. The first-order valence-corrected chi connectivity index (χ1v) is 6.27. The van der Waals surface area contributed by atoms with Crippen LogP contribution in [0.1, 0.15) is 37.3 Å². The highest BCUT2D eigenvalue weighted by Gasteiger charge is 1.98. The molecule has 0 aliphatic carbocycles. The summed E-state index contributed by atoms with van der Waals surface area (Å²) in [5, 5.41) is 3.50. The fraction of sp³-hybridized carbons (Fsp3) is 0.467. The monoisotopic (exact) mass is 217 g/mol. The predicted molar refractivity (Wildman–Crippen MR) is 71.6 cm³/mol. The average molecular weight is 217 g/mol. The van der Waals surface area contributed by atoms with Gasteiger partial charge in [-0.3, -0.25) is 0 Å². The van der Waals surface area contributed by atoms with Crippen LogP contribution in [0, 0.1) is 0 Å². The van der Waals surface area contributed by atoms with E-state index in [2.05, 4.69) is 43.1 Å². The molecule has 0 spiro atoms. The van der Waals surface area contributed by atoms with Gasteiger partial charge in [0.2, 0.25) is 0 Å². The molecular formula is C15H23N. The van der Waals surface area contributed by atoms with Gasteiger partial charge in [-0.15, -0.1) is 6.58 Å². The van der Waals surface area contributed by atoms with Gasteiger partial charge in [0.15, 0.2) is 0 Å². The third-order valence-electron chi connectivity index (χ3n) is 2.76. The molecule has 0 radical (unpaired) electrons. The highest BCUT2D eigenvalue weighted by atomic mass is 14.8. The van der Waals surface area contributed by atoms with Crippen molar-refractivity contribution in [3.8, 4) is 0 Å². The van der Waals surface area contributed by atoms with Crippen molar-refractivity contribution in [2.45, 2.75) is 39.2 Å². The first kappa shape index (κ1) is 13.0. The zero-order chi connectivity index (χ0) is 11.6. The van der Waals surface area contributed by atoms with Gasteiger partial charge in [0.25, 0.3) is 0 Å². The van der Waals surface area contributed by atoms with Crippen molar-refractivity contribution in [1.82, 2.24) is 5.32 Å². The van der Waals surface area contributed by atoms with Crippen molar-refractivity contribution in [2.24, 2.45) is 0 Å². The summed E-state index contributed by atoms with van der Waals surface area (Å²) < 4.78 is 0. The molecule has 1 rings (SSSR count). The molecule has 1 heteroatoms. The molecule has 1 nitrogen and oxygen atoms in total. The summed E-state index contributed by atoms with van der Waals surface area (Å²) >= 11 is 0. The first-order chi connectivity index (χ1) is 7.88. The Bertz CT molecular complexity index is 304. The van der Waals surface area contributed by atoms with Crippen LogP contribution in [-0.4, -0.2) is 6.54 Å². The lowest BCUT2D eigenvalue weighted by atomic mass is 10.0. The van der Waals surface area contributed by atoms with Gasteiger partial charge in [-0.1, -0.05) is 50.1 Å². The minimum absolute atomic E-state index is 0.965. The maximum Gasteiger partial charge on any atom is 0.0208 e. The number of nitrogens with one attached hydrogen (secondary N) is 1. The summed E-state index contributed by atoms with van der Waals surface area (Å²) in [4.78, 5) is 0. The molecule has 0 aliphatic rings. The standard InChI is InChI=1S/C15H23N/c1-3-5-8-12-16-13-15-11-7-6-10-14(15)9-4-2/h4,6-7,10-11,16H,2-3,5,8-9,12-13H2,1H3. The largest absolute Gasteiger partial charge is 0.313 e. The molecule has 0 atom stereocenters. The predicted octanol–water partition coefficient (Wildman–Crippen LogP) is 3.69. The van der Waals surface area contributed by atoms with Crippen molar-refractivity contribution in [3.63, 3.8) is 0 Å². The third kappa shape index (κ3) is 4.63. The van der Waals surface area contributed by atoms with E-state index in [1.54, 1.807) is 0 Å². The molecule has 1 aromatic rings. The van der Waals surface area contributed by atoms with Gasteiger partial charge in [-0.05, 0) is 30.5 Å². The van der Waals surface area contributed by atoms with Crippen LogP contribution in [-0.2, 0) is 13.0 Å². The zero-order valence-corrected chi connectivity index (χ0v) is 10.3. The Kier molecular flexibility index (Phi) is 6.59. The lowest BCUT2D eigenvalue weighted by Gasteiger charge is -2.09. The van der Waals surface area contributed by atoms with Gasteiger partial charge in [0.05, 0.1) is 0 Å². The Morgan fingerprint density at radius 1 is 1.19 bits per heavy atom. The fourth-order valence-electron chi connectivity index (χ4n) is 1.81. The molecule has 1 N–H and O–H groups in total. The van der Waals surface area contributed by atoms with Crippen LogP contribution in [0.4, 0.5) is 0 Å². The summed E-state index contributed by atoms with van der Waals surface area (Å²) in [6.07, 6.45) is 6.82. The molecule has 0 heterocycles. The number of rotatable bonds is 8. The first-order valence-electron chi connectivity index (χ1n) is 6.27. The van der Waals surface area contributed by atoms with Crippen LogP contribution < -0.4 is 5.32 Å². The molecule has 1 aromatic carbocycles. The van der Waals surface area contributed by atoms with Gasteiger partial charge < -0.3 is 5.32 Å². The van der Waals surface area contributed by atoms with E-state index in [1.807, 2.05) is 6.08 Å². The molecule has 0 saturated heterocycles. The molecule has 0 unspecified atom stereocenters. The Hall–Kier alpha value is -1.08. The molecule has 0 saturated carbocycles. The average Bonchev–Trinajstić information content (AvgIpc) is 2.31. The van der Waals surface area contributed by atoms with E-state index < -0.39 is 0 Å². The second-order valence-electron chi connectivity index (χ2n) is 4.15. The summed E-state index contributed by atoms with van der Waals surface area (Å²) in [6.45, 7) is 8.13. The Balaban J connectivity index is 2.37. The number of unbranched alkanes of at least 4 members (excludes halogenated alkanes) is 2. The molecule has 88 valence electrons. The van der Waals surface area contributed by atoms with Crippen LogP contribution in [0.15, 0.2) is 36.9 Å². The van der Waals surface area contributed by atoms with Gasteiger partial charge in [-0.2, -0.15) is 0 Å². The molecule has 0 fully saturated rings. The van der Waals surface area contributed by atoms with Crippen molar-refractivity contribution >= 4 is 0 Å². The van der Waals surface area contributed by atoms with E-state index >= 15 is 0 Å². The Morgan fingerprint density at radius 3 is 2.62 bits per heavy atom. The summed E-state index contributed by atoms with van der Waals surface area (Å²) in [5.41, 5.74) is 2.79. The van der Waals surface area contributed by atoms with Crippen molar-refractivity contribution in [2.75, 3.05) is 6.54 Å². The van der Waals surface area contributed by atoms with Gasteiger partial charge in [0.1, 0.15) is 0 Å². The quantitative estimate of drug-likeness (QED) is 0.517. The molecular weight excluding hydrogens is 194 g/mol. The smallest absolute Gasteiger partial charge is 0.0208 e. The van der Waals surface area contributed by atoms with Crippen molar-refractivity contribution in [1.29, 1.82) is 0 Å². The maximum absolute atomic E-state index is 3.80. The van der Waals surface area contributed by atoms with E-state index in [-0.39, 0.29) is 0 Å². The van der Waals surface area contributed by atoms with Gasteiger partial charge in [0, 0.05) is 6.54 Å². The van der Waals surface area contributed by atoms with Crippen LogP contribution in [0.5, 0.6) is 0 Å². The zero-order valence-electron chi connectivity index (χ0n) is 10.3. The summed E-state index contributed by atoms with van der Waals surface area (Å²) in [5.74, 6) is 0. The van der Waals surface area contributed by atoms with Crippen molar-refractivity contribution in [3.05, 3.63) is 48.0 Å². The van der Waals surface area contributed by atoms with Crippen LogP contribution in [0.3, 0.4) is 0 Å². The van der Waals surface area contributed by atoms with Crippen LogP contribution >= 0.6 is 0 Å². The Labute approximate surface area is 99.6 Å². The summed E-state index contributed by atoms with van der Waals surface area (Å²) in [7, 11) is 0. The van der Waals surface area contributed by atoms with Crippen molar-refractivity contribution < 1.29 is 0 Å². The highest BCUT2D eigenvalue weighted by molar-refractivity contribution is 5.28. The summed E-state index contributed by atoms with van der Waals surface area (Å²) in [6, 6.07) is 8.59. The topological polar surface area (TPSA) is 12.0 Å². The van der Waals surface area contributed by atoms with E-state index in [0.29, 0.717) is 0 Å². The fourth-order valence-corrected chi connectivity index (χ4v) is 1.81. The lowest BCUT2D eigenvalue weighted by molar-refractivity contribution is 0.615. The minimum Gasteiger partial charge on any atom is -0.313 e. The minimum atomic E-state index is 0.965. The molecule has 16 heavy (non-hydrogen) atoms. The van der Waals surface area contributed by atoms with E-state index in [4.69, 9.17) is 0 Å². The van der Waals surface area contributed by atoms with E-state index in [9.17, 15) is 0 Å². The normalized spacial score (nSPS) is 10.3. The van der Waals surface area contributed by atoms with Gasteiger partial charge >= 0.3 is 0 Å². The highest BCUT2D eigenvalue weighted by Crippen LogP contribution is 2.09. The Morgan fingerprint density at radius 2 is 1.94 bits per heavy atom. The second kappa shape index (κ2) is 8.12. The van der Waals surface area contributed by atoms with Gasteiger partial charge in [-0.25, -0.2) is 0 Å². The number of benzene rings is 1. The second-order valence-corrected chi connectivity index (χ2v) is 4.15. The number of hydrogen-bond donors (Lipinski definition) is 1. The number of hydrogen-bond acceptors (Lipinski definition) is 1. The van der Waals surface area contributed by atoms with Crippen LogP contribution in [0.25, 0.3) is 0 Å². The lowest BCUT2D eigenvalue weighted by Crippen LogP contribution is -2.15. The van der Waals surface area contributed by atoms with Crippen LogP contribution in [0.2, 0.25) is 0 Å². The van der Waals surface area contributed by atoms with E-state index in [0.717, 1.165) is 19.5 Å². The number of allylic oxidation sites excluding steroid dienone is 1. The third-order valence-corrected chi connectivity index (χ3v) is 2.76. The molecule has 0 bridgehead atoms. The van der Waals surface area contributed by atoms with E-state index in [1.165, 1.54) is 30.4 Å². The maximum atomic E-state index is 3.80. The molecule has 0 aromatic heterocycles. The molecule has 0 aliphatic heterocycles. The SMILES string of the molecule is C=CCc1ccccc1CNCCCCC.